The lowest BCUT2D eigenvalue weighted by molar-refractivity contribution is -0.138. The summed E-state index contributed by atoms with van der Waals surface area (Å²) >= 11 is 1.40. The van der Waals surface area contributed by atoms with Crippen LogP contribution in [0.3, 0.4) is 0 Å². The number of rotatable bonds is 6. The standard InChI is InChI=1S/C10H12N8O3S/c11-17-14-1-2-21-10(20)5-3-6(8(19)16-18-12)15-9-7(5)13-4-22-9/h3,6,13,15H,1-2,4H2,(H2,12,16,19). The molecule has 0 bridgehead atoms. The van der Waals surface area contributed by atoms with E-state index < -0.39 is 17.9 Å². The first kappa shape index (κ1) is 15.7. The first-order valence-corrected chi connectivity index (χ1v) is 7.10. The molecule has 1 unspecified atom stereocenters. The average Bonchev–Trinajstić information content (AvgIpc) is 2.99. The molecular weight excluding hydrogens is 312 g/mol. The minimum absolute atomic E-state index is 0.0312. The maximum atomic E-state index is 12.1. The summed E-state index contributed by atoms with van der Waals surface area (Å²) < 4.78 is 5.00. The zero-order valence-corrected chi connectivity index (χ0v) is 12.0. The quantitative estimate of drug-likeness (QED) is 0.137. The van der Waals surface area contributed by atoms with Crippen LogP contribution in [0.5, 0.6) is 0 Å². The zero-order chi connectivity index (χ0) is 15.9. The average molecular weight is 324 g/mol. The van der Waals surface area contributed by atoms with E-state index in [-0.39, 0.29) is 18.7 Å². The van der Waals surface area contributed by atoms with E-state index in [1.807, 2.05) is 5.43 Å². The van der Waals surface area contributed by atoms with Gasteiger partial charge in [0.15, 0.2) is 0 Å². The van der Waals surface area contributed by atoms with Crippen LogP contribution in [0.15, 0.2) is 32.7 Å². The van der Waals surface area contributed by atoms with Gasteiger partial charge in [-0.25, -0.2) is 10.2 Å². The summed E-state index contributed by atoms with van der Waals surface area (Å²) in [5.74, 6) is -0.635. The van der Waals surface area contributed by atoms with E-state index in [2.05, 4.69) is 25.9 Å². The molecule has 11 nitrogen and oxygen atoms in total. The number of dihydropyridines is 1. The molecular formula is C10H12N8O3S. The Morgan fingerprint density at radius 2 is 2.45 bits per heavy atom. The molecule has 0 aromatic heterocycles. The molecule has 2 aliphatic rings. The van der Waals surface area contributed by atoms with Crippen LogP contribution in [-0.2, 0) is 14.3 Å². The summed E-state index contributed by atoms with van der Waals surface area (Å²) in [6.45, 7) is -0.0220. The number of ether oxygens (including phenoxy) is 1. The zero-order valence-electron chi connectivity index (χ0n) is 11.2. The second-order valence-corrected chi connectivity index (χ2v) is 5.04. The molecule has 0 aromatic rings. The highest BCUT2D eigenvalue weighted by Crippen LogP contribution is 2.31. The first-order chi connectivity index (χ1) is 10.7. The molecule has 0 saturated carbocycles. The van der Waals surface area contributed by atoms with E-state index in [1.165, 1.54) is 17.8 Å². The van der Waals surface area contributed by atoms with E-state index in [0.29, 0.717) is 16.6 Å². The topological polar surface area (TPSA) is 164 Å². The maximum Gasteiger partial charge on any atom is 0.340 e. The SMILES string of the molecule is [N-]=[N+]=NCCOC(=O)C1=CC(C(=O)NN=N)NC2=C1NCS2. The predicted octanol–water partition coefficient (Wildman–Crippen LogP) is 0.263. The summed E-state index contributed by atoms with van der Waals surface area (Å²) in [6, 6.07) is -0.833. The summed E-state index contributed by atoms with van der Waals surface area (Å²) in [4.78, 5) is 26.4. The molecule has 2 heterocycles. The highest BCUT2D eigenvalue weighted by molar-refractivity contribution is 8.03. The Morgan fingerprint density at radius 1 is 1.64 bits per heavy atom. The Bertz CT molecular complexity index is 609. The molecule has 22 heavy (non-hydrogen) atoms. The van der Waals surface area contributed by atoms with Crippen molar-refractivity contribution in [2.24, 2.45) is 10.3 Å². The number of nitrogens with one attached hydrogen (secondary N) is 4. The van der Waals surface area contributed by atoms with E-state index in [1.54, 1.807) is 0 Å². The Balaban J connectivity index is 2.12. The van der Waals surface area contributed by atoms with Crippen LogP contribution in [0, 0.1) is 5.53 Å². The summed E-state index contributed by atoms with van der Waals surface area (Å²) in [5.41, 5.74) is 17.6. The fourth-order valence-corrected chi connectivity index (χ4v) is 2.73. The van der Waals surface area contributed by atoms with Crippen molar-refractivity contribution in [2.75, 3.05) is 19.0 Å². The van der Waals surface area contributed by atoms with Gasteiger partial charge >= 0.3 is 5.97 Å². The highest BCUT2D eigenvalue weighted by atomic mass is 32.2. The Kier molecular flexibility index (Phi) is 5.22. The third-order valence-electron chi connectivity index (χ3n) is 2.74. The van der Waals surface area contributed by atoms with Gasteiger partial charge in [-0.15, -0.1) is 0 Å². The number of azide groups is 1. The van der Waals surface area contributed by atoms with Crippen molar-refractivity contribution in [2.45, 2.75) is 6.04 Å². The van der Waals surface area contributed by atoms with Gasteiger partial charge in [-0.1, -0.05) is 22.1 Å². The Hall–Kier alpha value is -2.72. The van der Waals surface area contributed by atoms with Crippen LogP contribution >= 0.6 is 11.8 Å². The van der Waals surface area contributed by atoms with Crippen LogP contribution in [0.25, 0.3) is 10.4 Å². The number of esters is 1. The van der Waals surface area contributed by atoms with Crippen molar-refractivity contribution in [1.82, 2.24) is 16.1 Å². The second kappa shape index (κ2) is 7.33. The largest absolute Gasteiger partial charge is 0.462 e. The molecule has 116 valence electrons. The number of carbonyl (C=O) groups excluding carboxylic acids is 2. The van der Waals surface area contributed by atoms with Gasteiger partial charge in [0.25, 0.3) is 5.91 Å². The lowest BCUT2D eigenvalue weighted by atomic mass is 10.1. The summed E-state index contributed by atoms with van der Waals surface area (Å²) in [7, 11) is 0. The first-order valence-electron chi connectivity index (χ1n) is 6.11. The van der Waals surface area contributed by atoms with E-state index in [0.717, 1.165) is 0 Å². The molecule has 0 fully saturated rings. The predicted molar refractivity (Wildman–Crippen MR) is 75.9 cm³/mol. The molecule has 4 N–H and O–H groups in total. The molecule has 0 aromatic carbocycles. The van der Waals surface area contributed by atoms with E-state index in [9.17, 15) is 9.59 Å². The molecule has 2 rings (SSSR count). The molecule has 12 heteroatoms. The Labute approximate surface area is 128 Å². The normalized spacial score (nSPS) is 18.9. The third-order valence-corrected chi connectivity index (χ3v) is 3.64. The van der Waals surface area contributed by atoms with Gasteiger partial charge in [0.05, 0.1) is 35.3 Å². The third kappa shape index (κ3) is 3.48. The molecule has 0 radical (unpaired) electrons. The minimum Gasteiger partial charge on any atom is -0.462 e. The van der Waals surface area contributed by atoms with Gasteiger partial charge in [-0.3, -0.25) is 4.79 Å². The van der Waals surface area contributed by atoms with Crippen LogP contribution in [0.1, 0.15) is 0 Å². The van der Waals surface area contributed by atoms with Crippen molar-refractivity contribution in [1.29, 1.82) is 5.53 Å². The summed E-state index contributed by atoms with van der Waals surface area (Å²) in [5, 5.41) is 12.7. The van der Waals surface area contributed by atoms with Crippen molar-refractivity contribution in [3.05, 3.63) is 32.8 Å². The minimum atomic E-state index is -0.833. The van der Waals surface area contributed by atoms with Gasteiger partial charge in [0.2, 0.25) is 0 Å². The molecule has 0 spiro atoms. The number of amides is 1. The lowest BCUT2D eigenvalue weighted by Gasteiger charge is -2.22. The fourth-order valence-electron chi connectivity index (χ4n) is 1.83. The fraction of sp³-hybridized carbons (Fsp3) is 0.400. The second-order valence-electron chi connectivity index (χ2n) is 4.05. The van der Waals surface area contributed by atoms with Crippen molar-refractivity contribution in [3.8, 4) is 0 Å². The number of hydrogen-bond donors (Lipinski definition) is 4. The number of carbonyl (C=O) groups is 2. The molecule has 2 aliphatic heterocycles. The van der Waals surface area contributed by atoms with E-state index in [4.69, 9.17) is 15.8 Å². The van der Waals surface area contributed by atoms with Gasteiger partial charge in [-0.05, 0) is 11.6 Å². The smallest absolute Gasteiger partial charge is 0.340 e. The maximum absolute atomic E-state index is 12.1. The summed E-state index contributed by atoms with van der Waals surface area (Å²) in [6.07, 6.45) is 1.40. The van der Waals surface area contributed by atoms with Gasteiger partial charge in [0, 0.05) is 4.91 Å². The van der Waals surface area contributed by atoms with Crippen molar-refractivity contribution >= 4 is 23.6 Å². The van der Waals surface area contributed by atoms with Gasteiger partial charge in [0.1, 0.15) is 6.04 Å². The number of thioether (sulfide) groups is 1. The van der Waals surface area contributed by atoms with E-state index >= 15 is 0 Å². The van der Waals surface area contributed by atoms with Crippen LogP contribution in [-0.4, -0.2) is 36.9 Å². The molecule has 0 aliphatic carbocycles. The van der Waals surface area contributed by atoms with Crippen LogP contribution < -0.4 is 16.1 Å². The van der Waals surface area contributed by atoms with Crippen LogP contribution in [0.4, 0.5) is 0 Å². The van der Waals surface area contributed by atoms with Crippen molar-refractivity contribution < 1.29 is 14.3 Å². The number of hydrogen-bond acceptors (Lipinski definition) is 9. The monoisotopic (exact) mass is 324 g/mol. The Morgan fingerprint density at radius 3 is 3.18 bits per heavy atom. The highest BCUT2D eigenvalue weighted by Gasteiger charge is 2.32. The molecule has 0 saturated heterocycles. The number of nitrogens with zero attached hydrogens (tertiary/aromatic N) is 4. The van der Waals surface area contributed by atoms with Gasteiger partial charge in [-0.2, -0.15) is 5.53 Å². The lowest BCUT2D eigenvalue weighted by Crippen LogP contribution is -2.43. The van der Waals surface area contributed by atoms with Crippen LogP contribution in [0.2, 0.25) is 0 Å². The van der Waals surface area contributed by atoms with Gasteiger partial charge < -0.3 is 15.4 Å². The molecule has 1 atom stereocenters. The molecule has 1 amide bonds. The van der Waals surface area contributed by atoms with Crippen molar-refractivity contribution in [3.63, 3.8) is 0 Å².